The van der Waals surface area contributed by atoms with Gasteiger partial charge in [0, 0.05) is 42.6 Å². The second kappa shape index (κ2) is 13.6. The van der Waals surface area contributed by atoms with Crippen LogP contribution in [0, 0.1) is 10.8 Å². The number of fused-ring (bicyclic) bond motifs is 1. The summed E-state index contributed by atoms with van der Waals surface area (Å²) in [6.45, 7) is 2.21. The van der Waals surface area contributed by atoms with Crippen molar-refractivity contribution in [3.63, 3.8) is 0 Å². The minimum Gasteiger partial charge on any atom is -0.439 e. The average molecular weight is 670 g/mol. The molecule has 5 rings (SSSR count). The Bertz CT molecular complexity index is 2150. The molecule has 0 aliphatic heterocycles. The van der Waals surface area contributed by atoms with E-state index in [9.17, 15) is 28.4 Å². The number of carbonyl (C=O) groups is 2. The Hall–Kier alpha value is -6.23. The van der Waals surface area contributed by atoms with Gasteiger partial charge < -0.3 is 9.47 Å². The van der Waals surface area contributed by atoms with Crippen LogP contribution in [0.25, 0.3) is 10.9 Å². The predicted octanol–water partition coefficient (Wildman–Crippen LogP) is 5.14. The number of para-hydroxylation sites is 1. The highest BCUT2D eigenvalue weighted by molar-refractivity contribution is 7.93. The van der Waals surface area contributed by atoms with Gasteiger partial charge in [0.1, 0.15) is 22.1 Å². The van der Waals surface area contributed by atoms with Crippen LogP contribution in [0.15, 0.2) is 102 Å². The molecule has 15 nitrogen and oxygen atoms in total. The van der Waals surface area contributed by atoms with Gasteiger partial charge in [-0.15, -0.1) is 0 Å². The van der Waals surface area contributed by atoms with Crippen LogP contribution in [-0.4, -0.2) is 62.4 Å². The van der Waals surface area contributed by atoms with Crippen molar-refractivity contribution >= 4 is 50.1 Å². The number of rotatable bonds is 9. The van der Waals surface area contributed by atoms with Crippen LogP contribution in [0.2, 0.25) is 0 Å². The molecule has 244 valence electrons. The normalized spacial score (nSPS) is 11.0. The number of pyridine rings is 2. The number of amides is 2. The number of sulfonamides is 1. The summed E-state index contributed by atoms with van der Waals surface area (Å²) in [6.07, 6.45) is 1.48. The average Bonchev–Trinajstić information content (AvgIpc) is 3.08. The highest BCUT2D eigenvalue weighted by atomic mass is 32.2. The standard InChI is InChI=1S/C32H27N7O8S/c1-19(40)38(42)30(33)22-8-12-24(13-9-22)46-28-17-16-26(37-48(44,45)27-7-3-5-21-6-4-18-35-29(21)27)32(36-28)47-25-14-10-23(11-15-25)31(34)39(43)20(2)41/h3-18,33-34,37,42-43H,1-2H3. The molecule has 5 N–H and O–H groups in total. The van der Waals surface area contributed by atoms with Gasteiger partial charge in [-0.3, -0.25) is 40.5 Å². The number of aromatic nitrogens is 2. The number of hydrogen-bond donors (Lipinski definition) is 5. The van der Waals surface area contributed by atoms with E-state index in [0.29, 0.717) is 5.39 Å². The molecular weight excluding hydrogens is 642 g/mol. The molecule has 5 aromatic rings. The fraction of sp³-hybridized carbons (Fsp3) is 0.0625. The van der Waals surface area contributed by atoms with Crippen LogP contribution >= 0.6 is 0 Å². The third kappa shape index (κ3) is 7.26. The van der Waals surface area contributed by atoms with E-state index in [-0.39, 0.29) is 60.6 Å². The molecule has 0 radical (unpaired) electrons. The molecule has 48 heavy (non-hydrogen) atoms. The molecule has 0 aliphatic rings. The number of carbonyl (C=O) groups excluding carboxylic acids is 2. The Morgan fingerprint density at radius 3 is 1.85 bits per heavy atom. The van der Waals surface area contributed by atoms with E-state index in [4.69, 9.17) is 20.3 Å². The van der Waals surface area contributed by atoms with Crippen LogP contribution in [0.3, 0.4) is 0 Å². The van der Waals surface area contributed by atoms with Gasteiger partial charge in [-0.1, -0.05) is 18.2 Å². The Morgan fingerprint density at radius 1 is 0.750 bits per heavy atom. The third-order valence-corrected chi connectivity index (χ3v) is 8.07. The number of benzene rings is 3. The molecule has 0 unspecified atom stereocenters. The topological polar surface area (TPSA) is 219 Å². The van der Waals surface area contributed by atoms with Crippen molar-refractivity contribution in [2.75, 3.05) is 4.72 Å². The molecule has 2 heterocycles. The predicted molar refractivity (Wildman–Crippen MR) is 172 cm³/mol. The number of hydroxylamine groups is 4. The van der Waals surface area contributed by atoms with Gasteiger partial charge >= 0.3 is 0 Å². The minimum atomic E-state index is -4.22. The Kier molecular flexibility index (Phi) is 9.41. The van der Waals surface area contributed by atoms with E-state index in [1.165, 1.54) is 72.9 Å². The highest BCUT2D eigenvalue weighted by Crippen LogP contribution is 2.34. The first-order valence-corrected chi connectivity index (χ1v) is 15.4. The number of amidine groups is 2. The van der Waals surface area contributed by atoms with Crippen LogP contribution in [-0.2, 0) is 19.6 Å². The van der Waals surface area contributed by atoms with E-state index in [0.717, 1.165) is 13.8 Å². The molecule has 0 bridgehead atoms. The van der Waals surface area contributed by atoms with Crippen molar-refractivity contribution < 1.29 is 37.9 Å². The van der Waals surface area contributed by atoms with E-state index in [2.05, 4.69) is 14.7 Å². The minimum absolute atomic E-state index is 0.00842. The SMILES string of the molecule is CC(=O)N(O)C(=N)c1ccc(Oc2ccc(NS(=O)(=O)c3cccc4cccnc34)c(Oc3ccc(C(=N)N(O)C(C)=O)cc3)n2)cc1. The zero-order valence-electron chi connectivity index (χ0n) is 25.3. The lowest BCUT2D eigenvalue weighted by atomic mass is 10.2. The zero-order chi connectivity index (χ0) is 34.6. The van der Waals surface area contributed by atoms with Crippen LogP contribution < -0.4 is 14.2 Å². The molecule has 0 atom stereocenters. The van der Waals surface area contributed by atoms with Gasteiger partial charge in [-0.25, -0.2) is 8.42 Å². The summed E-state index contributed by atoms with van der Waals surface area (Å²) in [5.74, 6) is -2.18. The number of nitrogens with one attached hydrogen (secondary N) is 3. The van der Waals surface area contributed by atoms with Crippen molar-refractivity contribution in [2.24, 2.45) is 0 Å². The maximum atomic E-state index is 13.6. The van der Waals surface area contributed by atoms with Gasteiger partial charge in [0.25, 0.3) is 10.0 Å². The van der Waals surface area contributed by atoms with E-state index in [1.807, 2.05) is 0 Å². The summed E-state index contributed by atoms with van der Waals surface area (Å²) >= 11 is 0. The summed E-state index contributed by atoms with van der Waals surface area (Å²) in [5.41, 5.74) is 0.627. The molecule has 3 aromatic carbocycles. The van der Waals surface area contributed by atoms with Gasteiger partial charge in [-0.2, -0.15) is 15.1 Å². The van der Waals surface area contributed by atoms with Crippen molar-refractivity contribution in [3.05, 3.63) is 108 Å². The van der Waals surface area contributed by atoms with Gasteiger partial charge in [0.2, 0.25) is 23.6 Å². The second-order valence-electron chi connectivity index (χ2n) is 10.1. The monoisotopic (exact) mass is 669 g/mol. The van der Waals surface area contributed by atoms with Crippen LogP contribution in [0.4, 0.5) is 5.69 Å². The summed E-state index contributed by atoms with van der Waals surface area (Å²) < 4.78 is 41.5. The number of hydrogen-bond acceptors (Lipinski definition) is 12. The van der Waals surface area contributed by atoms with Crippen LogP contribution in [0.5, 0.6) is 23.3 Å². The summed E-state index contributed by atoms with van der Waals surface area (Å²) in [7, 11) is -4.22. The zero-order valence-corrected chi connectivity index (χ0v) is 26.1. The largest absolute Gasteiger partial charge is 0.439 e. The Morgan fingerprint density at radius 2 is 1.29 bits per heavy atom. The van der Waals surface area contributed by atoms with Crippen molar-refractivity contribution in [3.8, 4) is 23.3 Å². The lowest BCUT2D eigenvalue weighted by molar-refractivity contribution is -0.147. The molecule has 2 amide bonds. The van der Waals surface area contributed by atoms with Crippen LogP contribution in [0.1, 0.15) is 25.0 Å². The van der Waals surface area contributed by atoms with E-state index in [1.54, 1.807) is 24.3 Å². The number of ether oxygens (including phenoxy) is 2. The van der Waals surface area contributed by atoms with Crippen molar-refractivity contribution in [1.82, 2.24) is 20.1 Å². The second-order valence-corrected chi connectivity index (χ2v) is 11.7. The molecule has 0 saturated heterocycles. The summed E-state index contributed by atoms with van der Waals surface area (Å²) in [4.78, 5) is 31.4. The molecule has 0 saturated carbocycles. The van der Waals surface area contributed by atoms with Crippen molar-refractivity contribution in [2.45, 2.75) is 18.7 Å². The first kappa shape index (κ1) is 33.1. The number of nitrogens with zero attached hydrogens (tertiary/aromatic N) is 4. The fourth-order valence-electron chi connectivity index (χ4n) is 4.28. The van der Waals surface area contributed by atoms with Crippen molar-refractivity contribution in [1.29, 1.82) is 10.8 Å². The molecule has 0 aliphatic carbocycles. The van der Waals surface area contributed by atoms with Gasteiger partial charge in [0.15, 0.2) is 11.7 Å². The van der Waals surface area contributed by atoms with Gasteiger partial charge in [-0.05, 0) is 66.7 Å². The van der Waals surface area contributed by atoms with Gasteiger partial charge in [0.05, 0.1) is 5.52 Å². The molecule has 0 fully saturated rings. The summed E-state index contributed by atoms with van der Waals surface area (Å²) in [6, 6.07) is 22.5. The lowest BCUT2D eigenvalue weighted by Crippen LogP contribution is -2.31. The molecule has 2 aromatic heterocycles. The van der Waals surface area contributed by atoms with E-state index >= 15 is 0 Å². The highest BCUT2D eigenvalue weighted by Gasteiger charge is 2.22. The fourth-order valence-corrected chi connectivity index (χ4v) is 5.52. The maximum Gasteiger partial charge on any atom is 0.264 e. The Balaban J connectivity index is 1.47. The third-order valence-electron chi connectivity index (χ3n) is 6.68. The lowest BCUT2D eigenvalue weighted by Gasteiger charge is -2.16. The maximum absolute atomic E-state index is 13.6. The number of anilines is 1. The van der Waals surface area contributed by atoms with E-state index < -0.39 is 33.5 Å². The molecular formula is C32H27N7O8S. The summed E-state index contributed by atoms with van der Waals surface area (Å²) in [5, 5.41) is 36.5. The quantitative estimate of drug-likeness (QED) is 0.0602. The Labute approximate surface area is 273 Å². The first-order valence-electron chi connectivity index (χ1n) is 13.9. The first-order chi connectivity index (χ1) is 22.8. The smallest absolute Gasteiger partial charge is 0.264 e. The molecule has 0 spiro atoms. The molecule has 16 heteroatoms.